The molecule has 1 amide bonds. The first-order valence-corrected chi connectivity index (χ1v) is 8.64. The van der Waals surface area contributed by atoms with Crippen molar-refractivity contribution < 1.29 is 27.9 Å². The molecule has 2 atom stereocenters. The van der Waals surface area contributed by atoms with E-state index in [1.54, 1.807) is 0 Å². The Bertz CT molecular complexity index is 870. The SMILES string of the molecule is CN1C(=O)[C@@H](c2cccc3ccccc23)N[C@H]1C(C)(C)C.O=C(O)C(F)(F)F. The van der Waals surface area contributed by atoms with Gasteiger partial charge in [-0.3, -0.25) is 10.1 Å². The molecule has 1 aliphatic heterocycles. The van der Waals surface area contributed by atoms with Gasteiger partial charge in [0.25, 0.3) is 0 Å². The van der Waals surface area contributed by atoms with Crippen molar-refractivity contribution in [3.8, 4) is 0 Å². The van der Waals surface area contributed by atoms with Crippen LogP contribution >= 0.6 is 0 Å². The molecule has 1 saturated heterocycles. The summed E-state index contributed by atoms with van der Waals surface area (Å²) in [5.74, 6) is -2.61. The number of likely N-dealkylation sites (N-methyl/N-ethyl adjacent to an activating group) is 1. The Morgan fingerprint density at radius 3 is 2.11 bits per heavy atom. The lowest BCUT2D eigenvalue weighted by Crippen LogP contribution is -2.44. The van der Waals surface area contributed by atoms with Gasteiger partial charge in [0.05, 0.1) is 6.17 Å². The first kappa shape index (κ1) is 21.7. The second-order valence-electron chi connectivity index (χ2n) is 7.69. The van der Waals surface area contributed by atoms with Crippen LogP contribution in [0.25, 0.3) is 10.8 Å². The van der Waals surface area contributed by atoms with Gasteiger partial charge in [0.1, 0.15) is 6.04 Å². The van der Waals surface area contributed by atoms with E-state index >= 15 is 0 Å². The maximum atomic E-state index is 12.7. The lowest BCUT2D eigenvalue weighted by Gasteiger charge is -2.32. The summed E-state index contributed by atoms with van der Waals surface area (Å²) in [5, 5.41) is 13.0. The Labute approximate surface area is 161 Å². The van der Waals surface area contributed by atoms with Crippen LogP contribution in [-0.4, -0.2) is 41.3 Å². The lowest BCUT2D eigenvalue weighted by molar-refractivity contribution is -0.192. The third kappa shape index (κ3) is 4.62. The highest BCUT2D eigenvalue weighted by Gasteiger charge is 2.43. The second kappa shape index (κ2) is 7.79. The molecule has 3 rings (SSSR count). The van der Waals surface area contributed by atoms with Gasteiger partial charge < -0.3 is 10.0 Å². The number of hydrogen-bond acceptors (Lipinski definition) is 3. The van der Waals surface area contributed by atoms with E-state index in [4.69, 9.17) is 9.90 Å². The number of rotatable bonds is 1. The monoisotopic (exact) mass is 396 g/mol. The first-order valence-electron chi connectivity index (χ1n) is 8.64. The van der Waals surface area contributed by atoms with Crippen molar-refractivity contribution in [2.75, 3.05) is 7.05 Å². The van der Waals surface area contributed by atoms with Crippen molar-refractivity contribution in [1.82, 2.24) is 10.2 Å². The Morgan fingerprint density at radius 2 is 1.61 bits per heavy atom. The molecule has 5 nitrogen and oxygen atoms in total. The number of aliphatic carboxylic acids is 1. The summed E-state index contributed by atoms with van der Waals surface area (Å²) in [6, 6.07) is 14.1. The Morgan fingerprint density at radius 1 is 1.07 bits per heavy atom. The molecule has 0 radical (unpaired) electrons. The zero-order valence-electron chi connectivity index (χ0n) is 16.0. The number of carbonyl (C=O) groups is 2. The fourth-order valence-electron chi connectivity index (χ4n) is 3.23. The zero-order valence-corrected chi connectivity index (χ0v) is 16.0. The molecule has 0 saturated carbocycles. The molecule has 28 heavy (non-hydrogen) atoms. The van der Waals surface area contributed by atoms with Gasteiger partial charge in [-0.15, -0.1) is 0 Å². The summed E-state index contributed by atoms with van der Waals surface area (Å²) in [5.41, 5.74) is 1.07. The lowest BCUT2D eigenvalue weighted by atomic mass is 9.92. The summed E-state index contributed by atoms with van der Waals surface area (Å²) in [4.78, 5) is 23.4. The summed E-state index contributed by atoms with van der Waals surface area (Å²) in [6.07, 6.45) is -5.03. The van der Waals surface area contributed by atoms with Crippen LogP contribution in [0.2, 0.25) is 0 Å². The third-order valence-corrected chi connectivity index (χ3v) is 4.50. The number of amides is 1. The number of hydrogen-bond donors (Lipinski definition) is 2. The van der Waals surface area contributed by atoms with E-state index < -0.39 is 12.1 Å². The van der Waals surface area contributed by atoms with E-state index in [1.165, 1.54) is 5.39 Å². The van der Waals surface area contributed by atoms with Crippen molar-refractivity contribution in [3.63, 3.8) is 0 Å². The van der Waals surface area contributed by atoms with Crippen molar-refractivity contribution in [2.24, 2.45) is 5.41 Å². The molecule has 0 aliphatic carbocycles. The maximum Gasteiger partial charge on any atom is 0.490 e. The predicted molar refractivity (Wildman–Crippen MR) is 99.5 cm³/mol. The number of carboxylic acids is 1. The standard InChI is InChI=1S/C18H22N2O.C2HF3O2/c1-18(2,3)17-19-15(16(21)20(17)4)14-11-7-9-12-8-5-6-10-13(12)14;3-2(4,5)1(6)7/h5-11,15,17,19H,1-4H3;(H,6,7)/t15-,17-;/m1./s1. The third-order valence-electron chi connectivity index (χ3n) is 4.50. The fraction of sp³-hybridized carbons (Fsp3) is 0.400. The molecule has 1 fully saturated rings. The molecule has 2 N–H and O–H groups in total. The summed E-state index contributed by atoms with van der Waals surface area (Å²) in [7, 11) is 1.89. The van der Waals surface area contributed by atoms with Gasteiger partial charge in [0.15, 0.2) is 0 Å². The largest absolute Gasteiger partial charge is 0.490 e. The van der Waals surface area contributed by atoms with Crippen LogP contribution in [0.4, 0.5) is 13.2 Å². The molecular weight excluding hydrogens is 373 g/mol. The van der Waals surface area contributed by atoms with E-state index in [9.17, 15) is 18.0 Å². The van der Waals surface area contributed by atoms with E-state index in [1.807, 2.05) is 30.1 Å². The van der Waals surface area contributed by atoms with Crippen molar-refractivity contribution in [2.45, 2.75) is 39.2 Å². The van der Waals surface area contributed by atoms with Crippen LogP contribution in [0, 0.1) is 5.41 Å². The smallest absolute Gasteiger partial charge is 0.475 e. The van der Waals surface area contributed by atoms with Crippen molar-refractivity contribution >= 4 is 22.6 Å². The van der Waals surface area contributed by atoms with Gasteiger partial charge in [-0.05, 0) is 21.8 Å². The summed E-state index contributed by atoms with van der Waals surface area (Å²) in [6.45, 7) is 6.46. The van der Waals surface area contributed by atoms with Gasteiger partial charge >= 0.3 is 12.1 Å². The number of nitrogens with zero attached hydrogens (tertiary/aromatic N) is 1. The summed E-state index contributed by atoms with van der Waals surface area (Å²) >= 11 is 0. The number of alkyl halides is 3. The minimum atomic E-state index is -5.08. The normalized spacial score (nSPS) is 20.1. The van der Waals surface area contributed by atoms with E-state index in [0.29, 0.717) is 0 Å². The van der Waals surface area contributed by atoms with Crippen LogP contribution in [0.3, 0.4) is 0 Å². The molecule has 2 aromatic carbocycles. The molecule has 0 unspecified atom stereocenters. The molecule has 0 bridgehead atoms. The van der Waals surface area contributed by atoms with Gasteiger partial charge in [0.2, 0.25) is 5.91 Å². The minimum Gasteiger partial charge on any atom is -0.475 e. The second-order valence-corrected chi connectivity index (χ2v) is 7.69. The topological polar surface area (TPSA) is 69.6 Å². The average Bonchev–Trinajstić information content (AvgIpc) is 2.89. The number of fused-ring (bicyclic) bond motifs is 1. The van der Waals surface area contributed by atoms with Crippen molar-refractivity contribution in [1.29, 1.82) is 0 Å². The Hall–Kier alpha value is -2.61. The van der Waals surface area contributed by atoms with Crippen LogP contribution in [0.15, 0.2) is 42.5 Å². The molecule has 1 heterocycles. The zero-order chi connectivity index (χ0) is 21.3. The molecule has 2 aromatic rings. The number of benzene rings is 2. The van der Waals surface area contributed by atoms with Crippen LogP contribution in [0.5, 0.6) is 0 Å². The number of carbonyl (C=O) groups excluding carboxylic acids is 1. The van der Waals surface area contributed by atoms with Gasteiger partial charge in [-0.1, -0.05) is 63.2 Å². The van der Waals surface area contributed by atoms with Crippen LogP contribution in [-0.2, 0) is 9.59 Å². The van der Waals surface area contributed by atoms with E-state index in [2.05, 4.69) is 50.4 Å². The molecule has 0 spiro atoms. The fourth-order valence-corrected chi connectivity index (χ4v) is 3.23. The quantitative estimate of drug-likeness (QED) is 0.766. The molecule has 1 aliphatic rings. The van der Waals surface area contributed by atoms with Crippen LogP contribution in [0.1, 0.15) is 32.4 Å². The molecule has 8 heteroatoms. The maximum absolute atomic E-state index is 12.7. The number of nitrogens with one attached hydrogen (secondary N) is 1. The minimum absolute atomic E-state index is 0.00371. The highest BCUT2D eigenvalue weighted by atomic mass is 19.4. The highest BCUT2D eigenvalue weighted by molar-refractivity contribution is 5.93. The van der Waals surface area contributed by atoms with Gasteiger partial charge in [0, 0.05) is 7.05 Å². The Balaban J connectivity index is 0.000000345. The Kier molecular flexibility index (Phi) is 6.03. The molecule has 152 valence electrons. The molecule has 0 aromatic heterocycles. The van der Waals surface area contributed by atoms with E-state index in [0.717, 1.165) is 10.9 Å². The van der Waals surface area contributed by atoms with E-state index in [-0.39, 0.29) is 23.5 Å². The summed E-state index contributed by atoms with van der Waals surface area (Å²) < 4.78 is 31.7. The van der Waals surface area contributed by atoms with Crippen molar-refractivity contribution in [3.05, 3.63) is 48.0 Å². The highest BCUT2D eigenvalue weighted by Crippen LogP contribution is 2.34. The first-order chi connectivity index (χ1) is 12.8. The molecular formula is C20H23F3N2O3. The van der Waals surface area contributed by atoms with Gasteiger partial charge in [-0.2, -0.15) is 13.2 Å². The van der Waals surface area contributed by atoms with Gasteiger partial charge in [-0.25, -0.2) is 4.79 Å². The van der Waals surface area contributed by atoms with Crippen LogP contribution < -0.4 is 5.32 Å². The predicted octanol–water partition coefficient (Wildman–Crippen LogP) is 3.95. The average molecular weight is 396 g/mol. The number of halogens is 3. The number of carboxylic acid groups (broad SMARTS) is 1.